The lowest BCUT2D eigenvalue weighted by Gasteiger charge is -2.05. The van der Waals surface area contributed by atoms with Crippen LogP contribution in [0, 0.1) is 5.92 Å². The number of ketones is 1. The molecular weight excluding hydrogens is 288 g/mol. The SMILES string of the molecule is CCCCCCCCCCCCCCCC(=O)C1CCOC1=O. The quantitative estimate of drug-likeness (QED) is 0.224. The number of carbonyl (C=O) groups excluding carboxylic acids is 2. The molecule has 134 valence electrons. The minimum atomic E-state index is -0.452. The van der Waals surface area contributed by atoms with Crippen LogP contribution in [-0.2, 0) is 14.3 Å². The molecule has 0 bridgehead atoms. The Kier molecular flexibility index (Phi) is 11.9. The average Bonchev–Trinajstić information content (AvgIpc) is 2.98. The van der Waals surface area contributed by atoms with Gasteiger partial charge in [-0.15, -0.1) is 0 Å². The highest BCUT2D eigenvalue weighted by atomic mass is 16.5. The zero-order valence-electron chi connectivity index (χ0n) is 15.1. The van der Waals surface area contributed by atoms with Crippen LogP contribution in [0.25, 0.3) is 0 Å². The molecule has 0 amide bonds. The Hall–Kier alpha value is -0.860. The molecule has 1 saturated heterocycles. The molecule has 0 N–H and O–H groups in total. The molecule has 0 spiro atoms. The maximum atomic E-state index is 11.9. The summed E-state index contributed by atoms with van der Waals surface area (Å²) in [6.07, 6.45) is 18.1. The van der Waals surface area contributed by atoms with E-state index >= 15 is 0 Å². The van der Waals surface area contributed by atoms with Gasteiger partial charge in [0.05, 0.1) is 6.61 Å². The van der Waals surface area contributed by atoms with Gasteiger partial charge in [-0.3, -0.25) is 9.59 Å². The summed E-state index contributed by atoms with van der Waals surface area (Å²) in [5.74, 6) is -0.660. The number of hydrogen-bond acceptors (Lipinski definition) is 3. The zero-order valence-corrected chi connectivity index (χ0v) is 15.1. The number of rotatable bonds is 15. The number of cyclic esters (lactones) is 1. The Bertz CT molecular complexity index is 325. The van der Waals surface area contributed by atoms with Crippen molar-refractivity contribution >= 4 is 11.8 Å². The summed E-state index contributed by atoms with van der Waals surface area (Å²) in [6, 6.07) is 0. The lowest BCUT2D eigenvalue weighted by atomic mass is 9.97. The van der Waals surface area contributed by atoms with Crippen LogP contribution in [0.15, 0.2) is 0 Å². The number of unbranched alkanes of at least 4 members (excludes halogenated alkanes) is 12. The smallest absolute Gasteiger partial charge is 0.316 e. The van der Waals surface area contributed by atoms with E-state index < -0.39 is 5.92 Å². The van der Waals surface area contributed by atoms with Crippen molar-refractivity contribution in [1.82, 2.24) is 0 Å². The first-order chi connectivity index (χ1) is 11.3. The summed E-state index contributed by atoms with van der Waals surface area (Å²) in [5.41, 5.74) is 0. The van der Waals surface area contributed by atoms with Crippen LogP contribution in [0.5, 0.6) is 0 Å². The summed E-state index contributed by atoms with van der Waals surface area (Å²) in [4.78, 5) is 23.2. The van der Waals surface area contributed by atoms with E-state index in [2.05, 4.69) is 6.92 Å². The molecule has 0 radical (unpaired) electrons. The monoisotopic (exact) mass is 324 g/mol. The third kappa shape index (κ3) is 9.78. The second-order valence-corrected chi connectivity index (χ2v) is 6.97. The van der Waals surface area contributed by atoms with Crippen LogP contribution in [0.2, 0.25) is 0 Å². The van der Waals surface area contributed by atoms with Crippen LogP contribution in [-0.4, -0.2) is 18.4 Å². The molecule has 1 unspecified atom stereocenters. The van der Waals surface area contributed by atoms with Crippen LogP contribution < -0.4 is 0 Å². The molecule has 0 saturated carbocycles. The van der Waals surface area contributed by atoms with Gasteiger partial charge in [0.25, 0.3) is 0 Å². The van der Waals surface area contributed by atoms with Crippen molar-refractivity contribution in [1.29, 1.82) is 0 Å². The van der Waals surface area contributed by atoms with Crippen molar-refractivity contribution in [3.8, 4) is 0 Å². The van der Waals surface area contributed by atoms with Gasteiger partial charge in [0.1, 0.15) is 11.7 Å². The minimum absolute atomic E-state index is 0.0931. The molecule has 0 aromatic carbocycles. The Morgan fingerprint density at radius 2 is 1.35 bits per heavy atom. The third-order valence-corrected chi connectivity index (χ3v) is 4.85. The number of esters is 1. The van der Waals surface area contributed by atoms with Crippen molar-refractivity contribution in [3.05, 3.63) is 0 Å². The Morgan fingerprint density at radius 3 is 1.78 bits per heavy atom. The molecule has 1 fully saturated rings. The first-order valence-corrected chi connectivity index (χ1v) is 9.95. The van der Waals surface area contributed by atoms with E-state index in [0.29, 0.717) is 19.4 Å². The topological polar surface area (TPSA) is 43.4 Å². The number of Topliss-reactive ketones (excluding diaryl/α,β-unsaturated/α-hetero) is 1. The largest absolute Gasteiger partial charge is 0.465 e. The maximum absolute atomic E-state index is 11.9. The molecule has 23 heavy (non-hydrogen) atoms. The normalized spacial score (nSPS) is 17.4. The van der Waals surface area contributed by atoms with Gasteiger partial charge in [-0.1, -0.05) is 84.0 Å². The first-order valence-electron chi connectivity index (χ1n) is 9.95. The van der Waals surface area contributed by atoms with E-state index in [9.17, 15) is 9.59 Å². The van der Waals surface area contributed by atoms with E-state index in [1.54, 1.807) is 0 Å². The molecule has 0 aromatic rings. The summed E-state index contributed by atoms with van der Waals surface area (Å²) in [7, 11) is 0. The van der Waals surface area contributed by atoms with Gasteiger partial charge in [0.15, 0.2) is 0 Å². The van der Waals surface area contributed by atoms with Crippen molar-refractivity contribution < 1.29 is 14.3 Å². The molecular formula is C20H36O3. The molecule has 1 aliphatic rings. The highest BCUT2D eigenvalue weighted by Gasteiger charge is 2.32. The second kappa shape index (κ2) is 13.6. The van der Waals surface area contributed by atoms with Gasteiger partial charge in [0.2, 0.25) is 0 Å². The van der Waals surface area contributed by atoms with Crippen LogP contribution in [0.3, 0.4) is 0 Å². The predicted molar refractivity (Wildman–Crippen MR) is 94.4 cm³/mol. The Balaban J connectivity index is 1.79. The van der Waals surface area contributed by atoms with E-state index in [1.165, 1.54) is 70.6 Å². The Morgan fingerprint density at radius 1 is 0.870 bits per heavy atom. The molecule has 1 heterocycles. The molecule has 0 aromatic heterocycles. The fourth-order valence-electron chi connectivity index (χ4n) is 3.28. The van der Waals surface area contributed by atoms with Gasteiger partial charge in [0, 0.05) is 12.8 Å². The maximum Gasteiger partial charge on any atom is 0.316 e. The van der Waals surface area contributed by atoms with Crippen molar-refractivity contribution in [2.24, 2.45) is 5.92 Å². The number of hydrogen-bond donors (Lipinski definition) is 0. The Labute approximate surface area is 142 Å². The zero-order chi connectivity index (χ0) is 16.8. The fourth-order valence-corrected chi connectivity index (χ4v) is 3.28. The molecule has 3 heteroatoms. The van der Waals surface area contributed by atoms with Gasteiger partial charge in [-0.25, -0.2) is 0 Å². The van der Waals surface area contributed by atoms with E-state index in [4.69, 9.17) is 4.74 Å². The third-order valence-electron chi connectivity index (χ3n) is 4.85. The summed E-state index contributed by atoms with van der Waals surface area (Å²) < 4.78 is 4.85. The summed E-state index contributed by atoms with van der Waals surface area (Å²) in [6.45, 7) is 2.69. The van der Waals surface area contributed by atoms with Crippen LogP contribution >= 0.6 is 0 Å². The highest BCUT2D eigenvalue weighted by molar-refractivity contribution is 5.99. The number of carbonyl (C=O) groups is 2. The minimum Gasteiger partial charge on any atom is -0.465 e. The van der Waals surface area contributed by atoms with Gasteiger partial charge < -0.3 is 4.74 Å². The summed E-state index contributed by atoms with van der Waals surface area (Å²) in [5, 5.41) is 0. The fraction of sp³-hybridized carbons (Fsp3) is 0.900. The van der Waals surface area contributed by atoms with E-state index in [-0.39, 0.29) is 11.8 Å². The second-order valence-electron chi connectivity index (χ2n) is 6.97. The molecule has 1 aliphatic heterocycles. The number of ether oxygens (including phenoxy) is 1. The molecule has 1 atom stereocenters. The molecule has 3 nitrogen and oxygen atoms in total. The lowest BCUT2D eigenvalue weighted by molar-refractivity contribution is -0.144. The standard InChI is InChI=1S/C20H36O3/c1-2-3-4-5-6-7-8-9-10-11-12-13-14-15-19(21)18-16-17-23-20(18)22/h18H,2-17H2,1H3. The van der Waals surface area contributed by atoms with Crippen LogP contribution in [0.1, 0.15) is 103 Å². The predicted octanol–water partition coefficient (Wildman–Crippen LogP) is 5.60. The van der Waals surface area contributed by atoms with Crippen molar-refractivity contribution in [2.45, 2.75) is 103 Å². The van der Waals surface area contributed by atoms with Gasteiger partial charge in [-0.05, 0) is 6.42 Å². The van der Waals surface area contributed by atoms with Crippen LogP contribution in [0.4, 0.5) is 0 Å². The lowest BCUT2D eigenvalue weighted by Crippen LogP contribution is -2.18. The van der Waals surface area contributed by atoms with E-state index in [0.717, 1.165) is 12.8 Å². The van der Waals surface area contributed by atoms with Crippen molar-refractivity contribution in [2.75, 3.05) is 6.61 Å². The first kappa shape index (κ1) is 20.2. The average molecular weight is 325 g/mol. The summed E-state index contributed by atoms with van der Waals surface area (Å²) >= 11 is 0. The molecule has 0 aliphatic carbocycles. The van der Waals surface area contributed by atoms with E-state index in [1.807, 2.05) is 0 Å². The highest BCUT2D eigenvalue weighted by Crippen LogP contribution is 2.19. The van der Waals surface area contributed by atoms with Gasteiger partial charge in [-0.2, -0.15) is 0 Å². The molecule has 1 rings (SSSR count). The van der Waals surface area contributed by atoms with Gasteiger partial charge >= 0.3 is 5.97 Å². The van der Waals surface area contributed by atoms with Crippen molar-refractivity contribution in [3.63, 3.8) is 0 Å².